The first kappa shape index (κ1) is 41.9. The first-order valence-corrected chi connectivity index (χ1v) is 24.6. The minimum atomic E-state index is 0.585. The smallest absolute Gasteiger partial charge is 0.165 e. The molecule has 7 nitrogen and oxygen atoms in total. The Bertz CT molecular complexity index is 4250. The Balaban J connectivity index is 1.00. The molecule has 0 saturated heterocycles. The summed E-state index contributed by atoms with van der Waals surface area (Å²) in [4.78, 5) is 21.4. The van der Waals surface area contributed by atoms with Crippen molar-refractivity contribution in [2.45, 2.75) is 0 Å². The van der Waals surface area contributed by atoms with Crippen molar-refractivity contribution in [1.29, 1.82) is 0 Å². The van der Waals surface area contributed by atoms with Crippen molar-refractivity contribution in [2.24, 2.45) is 0 Å². The average Bonchev–Trinajstić information content (AvgIpc) is 4.14. The molecule has 14 aromatic rings. The Kier molecular flexibility index (Phi) is 10.0. The number of nitrogens with zero attached hydrogens (tertiary/aromatic N) is 7. The number of fused-ring (bicyclic) bond motifs is 7. The van der Waals surface area contributed by atoms with Gasteiger partial charge in [0, 0.05) is 55.5 Å². The highest BCUT2D eigenvalue weighted by Crippen LogP contribution is 2.45. The van der Waals surface area contributed by atoms with E-state index in [1.807, 2.05) is 12.1 Å². The van der Waals surface area contributed by atoms with Gasteiger partial charge in [-0.3, -0.25) is 9.13 Å². The van der Waals surface area contributed by atoms with Crippen LogP contribution in [-0.2, 0) is 0 Å². The zero-order valence-corrected chi connectivity index (χ0v) is 39.5. The monoisotopic (exact) mass is 933 g/mol. The molecule has 0 aliphatic carbocycles. The standard InChI is InChI=1S/C66H43N7/c1-6-21-44(22-7-1)47-27-18-29-49(41-47)62-67-63(50-30-19-28-48(42-50)45-23-8-2-9-24-45)69-64(68-62)51-31-20-36-54(43-51)71-56-38-17-16-37-55(56)59-57(71)39-40-58-60(59)61-66(72(58)52-32-12-4-13-33-52)70-65(46-25-10-3-11-26-46)73(61)53-34-14-5-15-35-53/h1-43H. The van der Waals surface area contributed by atoms with Crippen LogP contribution in [0.5, 0.6) is 0 Å². The van der Waals surface area contributed by atoms with Crippen molar-refractivity contribution in [3.8, 4) is 84.9 Å². The van der Waals surface area contributed by atoms with Gasteiger partial charge in [0.05, 0.1) is 16.6 Å². The molecule has 7 heteroatoms. The summed E-state index contributed by atoms with van der Waals surface area (Å²) in [6.07, 6.45) is 0. The van der Waals surface area contributed by atoms with Crippen LogP contribution in [0, 0.1) is 0 Å². The van der Waals surface area contributed by atoms with Gasteiger partial charge in [-0.15, -0.1) is 0 Å². The number of rotatable bonds is 9. The fourth-order valence-corrected chi connectivity index (χ4v) is 10.6. The molecule has 73 heavy (non-hydrogen) atoms. The number of hydrogen-bond donors (Lipinski definition) is 0. The molecule has 0 atom stereocenters. The molecular formula is C66H43N7. The van der Waals surface area contributed by atoms with Gasteiger partial charge < -0.3 is 4.57 Å². The van der Waals surface area contributed by atoms with Crippen LogP contribution in [0.2, 0.25) is 0 Å². The SMILES string of the molecule is c1ccc(-c2cccc(-c3nc(-c4cccc(-c5ccccc5)c4)nc(-c4cccc(-n5c6ccccc6c6c7c8c(nc(-c9ccccc9)n8-c8ccccc8)n(-c8ccccc8)c7ccc65)c4)n3)c2)cc1. The third kappa shape index (κ3) is 7.21. The second-order valence-electron chi connectivity index (χ2n) is 18.3. The molecule has 0 spiro atoms. The lowest BCUT2D eigenvalue weighted by Crippen LogP contribution is -2.01. The third-order valence-electron chi connectivity index (χ3n) is 13.9. The molecule has 4 aromatic heterocycles. The minimum absolute atomic E-state index is 0.585. The summed E-state index contributed by atoms with van der Waals surface area (Å²) in [6, 6.07) is 91.4. The Labute approximate surface area is 421 Å². The van der Waals surface area contributed by atoms with E-state index in [4.69, 9.17) is 19.9 Å². The fraction of sp³-hybridized carbons (Fsp3) is 0. The van der Waals surface area contributed by atoms with Gasteiger partial charge in [0.25, 0.3) is 0 Å². The Hall–Kier alpha value is -9.98. The molecule has 0 bridgehead atoms. The fourth-order valence-electron chi connectivity index (χ4n) is 10.6. The van der Waals surface area contributed by atoms with Gasteiger partial charge in [0.2, 0.25) is 0 Å². The molecular weight excluding hydrogens is 891 g/mol. The van der Waals surface area contributed by atoms with E-state index in [0.29, 0.717) is 17.5 Å². The van der Waals surface area contributed by atoms with Crippen molar-refractivity contribution < 1.29 is 0 Å². The molecule has 0 amide bonds. The zero-order chi connectivity index (χ0) is 48.2. The average molecular weight is 934 g/mol. The number of hydrogen-bond acceptors (Lipinski definition) is 4. The zero-order valence-electron chi connectivity index (χ0n) is 39.5. The molecule has 0 aliphatic rings. The number of benzene rings is 10. The normalized spacial score (nSPS) is 11.6. The molecule has 4 heterocycles. The van der Waals surface area contributed by atoms with Crippen LogP contribution in [0.3, 0.4) is 0 Å². The summed E-state index contributed by atoms with van der Waals surface area (Å²) in [5, 5.41) is 3.42. The van der Waals surface area contributed by atoms with Gasteiger partial charge in [-0.2, -0.15) is 0 Å². The molecule has 0 radical (unpaired) electrons. The van der Waals surface area contributed by atoms with Crippen molar-refractivity contribution in [1.82, 2.24) is 33.6 Å². The summed E-state index contributed by atoms with van der Waals surface area (Å²) >= 11 is 0. The molecule has 0 saturated carbocycles. The molecule has 0 unspecified atom stereocenters. The van der Waals surface area contributed by atoms with Crippen LogP contribution in [-0.4, -0.2) is 33.6 Å². The van der Waals surface area contributed by atoms with Gasteiger partial charge in [-0.1, -0.05) is 194 Å². The summed E-state index contributed by atoms with van der Waals surface area (Å²) in [6.45, 7) is 0. The third-order valence-corrected chi connectivity index (χ3v) is 13.9. The van der Waals surface area contributed by atoms with E-state index >= 15 is 0 Å². The van der Waals surface area contributed by atoms with Crippen LogP contribution >= 0.6 is 0 Å². The lowest BCUT2D eigenvalue weighted by atomic mass is 10.0. The maximum atomic E-state index is 5.57. The lowest BCUT2D eigenvalue weighted by Gasteiger charge is -2.13. The highest BCUT2D eigenvalue weighted by atomic mass is 15.2. The van der Waals surface area contributed by atoms with E-state index in [2.05, 4.69) is 262 Å². The lowest BCUT2D eigenvalue weighted by molar-refractivity contribution is 1.07. The molecule has 342 valence electrons. The summed E-state index contributed by atoms with van der Waals surface area (Å²) in [5.74, 6) is 2.67. The van der Waals surface area contributed by atoms with E-state index in [1.54, 1.807) is 0 Å². The van der Waals surface area contributed by atoms with Gasteiger partial charge in [0.15, 0.2) is 23.1 Å². The maximum absolute atomic E-state index is 5.57. The quantitative estimate of drug-likeness (QED) is 0.145. The van der Waals surface area contributed by atoms with Gasteiger partial charge >= 0.3 is 0 Å². The number of imidazole rings is 1. The second-order valence-corrected chi connectivity index (χ2v) is 18.3. The van der Waals surface area contributed by atoms with Crippen LogP contribution < -0.4 is 0 Å². The van der Waals surface area contributed by atoms with Crippen LogP contribution in [0.25, 0.3) is 129 Å². The summed E-state index contributed by atoms with van der Waals surface area (Å²) < 4.78 is 7.06. The first-order chi connectivity index (χ1) is 36.2. The molecule has 0 fully saturated rings. The van der Waals surface area contributed by atoms with E-state index in [9.17, 15) is 0 Å². The topological polar surface area (TPSA) is 66.3 Å². The van der Waals surface area contributed by atoms with Crippen molar-refractivity contribution in [3.63, 3.8) is 0 Å². The second kappa shape index (κ2) is 17.5. The maximum Gasteiger partial charge on any atom is 0.165 e. The highest BCUT2D eigenvalue weighted by molar-refractivity contribution is 6.28. The Morgan fingerprint density at radius 1 is 0.247 bits per heavy atom. The van der Waals surface area contributed by atoms with Crippen molar-refractivity contribution >= 4 is 43.9 Å². The van der Waals surface area contributed by atoms with Crippen LogP contribution in [0.1, 0.15) is 0 Å². The Morgan fingerprint density at radius 2 is 0.658 bits per heavy atom. The number of aromatic nitrogens is 7. The van der Waals surface area contributed by atoms with Crippen LogP contribution in [0.15, 0.2) is 261 Å². The highest BCUT2D eigenvalue weighted by Gasteiger charge is 2.27. The predicted molar refractivity (Wildman–Crippen MR) is 298 cm³/mol. The molecule has 0 N–H and O–H groups in total. The van der Waals surface area contributed by atoms with Crippen LogP contribution in [0.4, 0.5) is 0 Å². The van der Waals surface area contributed by atoms with Crippen molar-refractivity contribution in [3.05, 3.63) is 261 Å². The first-order valence-electron chi connectivity index (χ1n) is 24.6. The minimum Gasteiger partial charge on any atom is -0.309 e. The predicted octanol–water partition coefficient (Wildman–Crippen LogP) is 16.3. The van der Waals surface area contributed by atoms with E-state index in [1.165, 1.54) is 0 Å². The number of para-hydroxylation sites is 3. The van der Waals surface area contributed by atoms with E-state index in [0.717, 1.165) is 111 Å². The van der Waals surface area contributed by atoms with Crippen molar-refractivity contribution in [2.75, 3.05) is 0 Å². The molecule has 14 rings (SSSR count). The largest absolute Gasteiger partial charge is 0.309 e. The molecule has 0 aliphatic heterocycles. The van der Waals surface area contributed by atoms with E-state index in [-0.39, 0.29) is 0 Å². The van der Waals surface area contributed by atoms with Gasteiger partial charge in [-0.05, 0) is 89.0 Å². The Morgan fingerprint density at radius 3 is 1.22 bits per heavy atom. The van der Waals surface area contributed by atoms with E-state index < -0.39 is 0 Å². The summed E-state index contributed by atoms with van der Waals surface area (Å²) in [5.41, 5.74) is 16.4. The molecule has 10 aromatic carbocycles. The summed E-state index contributed by atoms with van der Waals surface area (Å²) in [7, 11) is 0. The van der Waals surface area contributed by atoms with Gasteiger partial charge in [-0.25, -0.2) is 19.9 Å². The van der Waals surface area contributed by atoms with Gasteiger partial charge in [0.1, 0.15) is 11.3 Å².